The van der Waals surface area contributed by atoms with Crippen LogP contribution >= 0.6 is 11.3 Å². The maximum Gasteiger partial charge on any atom is 0.267 e. The van der Waals surface area contributed by atoms with Gasteiger partial charge in [0.25, 0.3) is 11.8 Å². The number of aromatic nitrogens is 1. The number of hydrogen-bond donors (Lipinski definition) is 2. The van der Waals surface area contributed by atoms with Crippen molar-refractivity contribution >= 4 is 28.8 Å². The van der Waals surface area contributed by atoms with Crippen LogP contribution in [0.2, 0.25) is 0 Å². The van der Waals surface area contributed by atoms with Gasteiger partial charge in [-0.15, -0.1) is 11.3 Å². The molecular formula is C20H19N3O2S. The molecule has 0 unspecified atom stereocenters. The average molecular weight is 365 g/mol. The molecule has 1 heterocycles. The van der Waals surface area contributed by atoms with E-state index in [1.807, 2.05) is 50.2 Å². The van der Waals surface area contributed by atoms with E-state index in [0.717, 1.165) is 16.1 Å². The van der Waals surface area contributed by atoms with Gasteiger partial charge in [0.1, 0.15) is 9.88 Å². The number of anilines is 1. The maximum absolute atomic E-state index is 12.7. The summed E-state index contributed by atoms with van der Waals surface area (Å²) in [7, 11) is 1.58. The largest absolute Gasteiger partial charge is 0.355 e. The van der Waals surface area contributed by atoms with Gasteiger partial charge in [-0.1, -0.05) is 36.4 Å². The molecule has 0 saturated carbocycles. The van der Waals surface area contributed by atoms with Crippen LogP contribution in [0.1, 0.15) is 31.3 Å². The van der Waals surface area contributed by atoms with Gasteiger partial charge in [-0.3, -0.25) is 9.59 Å². The van der Waals surface area contributed by atoms with E-state index in [1.165, 1.54) is 11.3 Å². The lowest BCUT2D eigenvalue weighted by Gasteiger charge is -2.09. The summed E-state index contributed by atoms with van der Waals surface area (Å²) in [6, 6.07) is 15.0. The van der Waals surface area contributed by atoms with E-state index in [0.29, 0.717) is 21.8 Å². The van der Waals surface area contributed by atoms with Crippen molar-refractivity contribution in [3.8, 4) is 10.6 Å². The van der Waals surface area contributed by atoms with Crippen LogP contribution in [0.15, 0.2) is 48.5 Å². The molecule has 2 aromatic carbocycles. The van der Waals surface area contributed by atoms with E-state index < -0.39 is 0 Å². The zero-order valence-electron chi connectivity index (χ0n) is 14.8. The molecule has 2 amide bonds. The highest BCUT2D eigenvalue weighted by Gasteiger charge is 2.17. The molecule has 0 radical (unpaired) electrons. The number of carbonyl (C=O) groups excluding carboxylic acids is 2. The van der Waals surface area contributed by atoms with Gasteiger partial charge < -0.3 is 10.6 Å². The number of nitrogens with one attached hydrogen (secondary N) is 2. The summed E-state index contributed by atoms with van der Waals surface area (Å²) in [6.07, 6.45) is 0. The Balaban J connectivity index is 1.87. The number of hydrogen-bond acceptors (Lipinski definition) is 4. The van der Waals surface area contributed by atoms with E-state index >= 15 is 0 Å². The summed E-state index contributed by atoms with van der Waals surface area (Å²) in [5, 5.41) is 6.30. The lowest BCUT2D eigenvalue weighted by molar-refractivity contribution is 0.0961. The molecule has 3 rings (SSSR count). The minimum atomic E-state index is -0.223. The summed E-state index contributed by atoms with van der Waals surface area (Å²) >= 11 is 1.36. The second-order valence-electron chi connectivity index (χ2n) is 5.86. The third-order valence-electron chi connectivity index (χ3n) is 4.00. The van der Waals surface area contributed by atoms with Crippen molar-refractivity contribution in [2.45, 2.75) is 13.8 Å². The lowest BCUT2D eigenvalue weighted by Crippen LogP contribution is -2.19. The van der Waals surface area contributed by atoms with Crippen LogP contribution in [0.5, 0.6) is 0 Å². The number of rotatable bonds is 4. The summed E-state index contributed by atoms with van der Waals surface area (Å²) in [5.74, 6) is -0.417. The molecule has 0 atom stereocenters. The number of thiazole rings is 1. The van der Waals surface area contributed by atoms with Gasteiger partial charge in [0, 0.05) is 23.9 Å². The molecule has 1 aromatic heterocycles. The Morgan fingerprint density at radius 1 is 1.00 bits per heavy atom. The normalized spacial score (nSPS) is 10.4. The number of nitrogens with zero attached hydrogens (tertiary/aromatic N) is 1. The third kappa shape index (κ3) is 3.65. The smallest absolute Gasteiger partial charge is 0.267 e. The van der Waals surface area contributed by atoms with E-state index in [9.17, 15) is 9.59 Å². The molecule has 0 saturated heterocycles. The molecule has 0 aliphatic rings. The minimum absolute atomic E-state index is 0.194. The first-order valence-corrected chi connectivity index (χ1v) is 8.98. The highest BCUT2D eigenvalue weighted by molar-refractivity contribution is 7.17. The van der Waals surface area contributed by atoms with Gasteiger partial charge in [-0.2, -0.15) is 0 Å². The first kappa shape index (κ1) is 17.8. The molecule has 0 bridgehead atoms. The first-order chi connectivity index (χ1) is 12.5. The Morgan fingerprint density at radius 2 is 1.73 bits per heavy atom. The fourth-order valence-electron chi connectivity index (χ4n) is 2.53. The van der Waals surface area contributed by atoms with Crippen LogP contribution in [-0.2, 0) is 0 Å². The zero-order chi connectivity index (χ0) is 18.7. The predicted molar refractivity (Wildman–Crippen MR) is 105 cm³/mol. The molecule has 6 heteroatoms. The highest BCUT2D eigenvalue weighted by atomic mass is 32.1. The zero-order valence-corrected chi connectivity index (χ0v) is 15.6. The van der Waals surface area contributed by atoms with Gasteiger partial charge in [0.15, 0.2) is 0 Å². The van der Waals surface area contributed by atoms with Gasteiger partial charge in [0.05, 0.1) is 5.69 Å². The molecular weight excluding hydrogens is 346 g/mol. The molecule has 2 N–H and O–H groups in total. The van der Waals surface area contributed by atoms with E-state index in [1.54, 1.807) is 19.2 Å². The fourth-order valence-corrected chi connectivity index (χ4v) is 3.50. The van der Waals surface area contributed by atoms with Crippen molar-refractivity contribution < 1.29 is 9.59 Å². The standard InChI is InChI=1S/C20H19N3O2S/c1-12-9-10-15(18(24)21-3)11-16(12)23-19(25)17-13(2)22-20(26-17)14-7-5-4-6-8-14/h4-11H,1-3H3,(H,21,24)(H,23,25). The van der Waals surface area contributed by atoms with Crippen LogP contribution < -0.4 is 10.6 Å². The van der Waals surface area contributed by atoms with Crippen LogP contribution in [0.25, 0.3) is 10.6 Å². The number of amides is 2. The van der Waals surface area contributed by atoms with Gasteiger partial charge in [-0.05, 0) is 31.5 Å². The topological polar surface area (TPSA) is 71.1 Å². The first-order valence-electron chi connectivity index (χ1n) is 8.16. The van der Waals surface area contributed by atoms with E-state index in [-0.39, 0.29) is 11.8 Å². The molecule has 0 fully saturated rings. The summed E-state index contributed by atoms with van der Waals surface area (Å²) in [6.45, 7) is 3.71. The van der Waals surface area contributed by atoms with Gasteiger partial charge >= 0.3 is 0 Å². The maximum atomic E-state index is 12.7. The molecule has 5 nitrogen and oxygen atoms in total. The fraction of sp³-hybridized carbons (Fsp3) is 0.150. The Morgan fingerprint density at radius 3 is 2.42 bits per heavy atom. The van der Waals surface area contributed by atoms with E-state index in [4.69, 9.17) is 0 Å². The minimum Gasteiger partial charge on any atom is -0.355 e. The summed E-state index contributed by atoms with van der Waals surface area (Å²) in [5.41, 5.74) is 3.67. The molecule has 3 aromatic rings. The van der Waals surface area contributed by atoms with Crippen molar-refractivity contribution in [3.63, 3.8) is 0 Å². The lowest BCUT2D eigenvalue weighted by atomic mass is 10.1. The second kappa shape index (κ2) is 7.49. The predicted octanol–water partition coefficient (Wildman–Crippen LogP) is 4.04. The number of carbonyl (C=O) groups is 2. The number of benzene rings is 2. The Kier molecular flexibility index (Phi) is 5.14. The second-order valence-corrected chi connectivity index (χ2v) is 6.86. The van der Waals surface area contributed by atoms with Crippen molar-refractivity contribution in [3.05, 3.63) is 70.2 Å². The Hall–Kier alpha value is -2.99. The van der Waals surface area contributed by atoms with Crippen LogP contribution in [-0.4, -0.2) is 23.8 Å². The van der Waals surface area contributed by atoms with Gasteiger partial charge in [-0.25, -0.2) is 4.98 Å². The molecule has 0 aliphatic heterocycles. The van der Waals surface area contributed by atoms with Crippen molar-refractivity contribution in [1.29, 1.82) is 0 Å². The van der Waals surface area contributed by atoms with Crippen LogP contribution in [0.3, 0.4) is 0 Å². The van der Waals surface area contributed by atoms with Crippen LogP contribution in [0.4, 0.5) is 5.69 Å². The third-order valence-corrected chi connectivity index (χ3v) is 5.20. The van der Waals surface area contributed by atoms with Crippen molar-refractivity contribution in [1.82, 2.24) is 10.3 Å². The van der Waals surface area contributed by atoms with Crippen molar-refractivity contribution in [2.75, 3.05) is 12.4 Å². The molecule has 132 valence electrons. The van der Waals surface area contributed by atoms with Gasteiger partial charge in [0.2, 0.25) is 0 Å². The Labute approximate surface area is 156 Å². The SMILES string of the molecule is CNC(=O)c1ccc(C)c(NC(=O)c2sc(-c3ccccc3)nc2C)c1. The Bertz CT molecular complexity index is 964. The summed E-state index contributed by atoms with van der Waals surface area (Å²) < 4.78 is 0. The van der Waals surface area contributed by atoms with Crippen LogP contribution in [0, 0.1) is 13.8 Å². The summed E-state index contributed by atoms with van der Waals surface area (Å²) in [4.78, 5) is 29.6. The quantitative estimate of drug-likeness (QED) is 0.733. The molecule has 26 heavy (non-hydrogen) atoms. The van der Waals surface area contributed by atoms with E-state index in [2.05, 4.69) is 15.6 Å². The highest BCUT2D eigenvalue weighted by Crippen LogP contribution is 2.28. The molecule has 0 aliphatic carbocycles. The monoisotopic (exact) mass is 365 g/mol. The van der Waals surface area contributed by atoms with Crippen molar-refractivity contribution in [2.24, 2.45) is 0 Å². The number of aryl methyl sites for hydroxylation is 2. The molecule has 0 spiro atoms. The average Bonchev–Trinajstić information content (AvgIpc) is 3.05.